The Morgan fingerprint density at radius 2 is 1.95 bits per heavy atom. The SMILES string of the molecule is CCCCCCCCOC(=O)c1sc2c(c1F)CSC2. The van der Waals surface area contributed by atoms with Crippen molar-refractivity contribution in [3.63, 3.8) is 0 Å². The lowest BCUT2D eigenvalue weighted by molar-refractivity contribution is 0.0498. The van der Waals surface area contributed by atoms with Crippen molar-refractivity contribution >= 4 is 29.1 Å². The van der Waals surface area contributed by atoms with E-state index in [0.717, 1.165) is 23.5 Å². The number of thioether (sulfide) groups is 1. The first kappa shape index (κ1) is 15.8. The van der Waals surface area contributed by atoms with Gasteiger partial charge in [0.15, 0.2) is 5.82 Å². The lowest BCUT2D eigenvalue weighted by atomic mass is 10.1. The summed E-state index contributed by atoms with van der Waals surface area (Å²) in [7, 11) is 0. The van der Waals surface area contributed by atoms with Crippen molar-refractivity contribution in [2.24, 2.45) is 0 Å². The van der Waals surface area contributed by atoms with Gasteiger partial charge in [-0.1, -0.05) is 39.0 Å². The lowest BCUT2D eigenvalue weighted by Crippen LogP contribution is -2.06. The number of hydrogen-bond acceptors (Lipinski definition) is 4. The Balaban J connectivity index is 1.70. The third-order valence-electron chi connectivity index (χ3n) is 3.42. The second-order valence-electron chi connectivity index (χ2n) is 5.04. The summed E-state index contributed by atoms with van der Waals surface area (Å²) in [5, 5.41) is 0. The fraction of sp³-hybridized carbons (Fsp3) is 0.667. The quantitative estimate of drug-likeness (QED) is 0.490. The minimum atomic E-state index is -0.486. The molecular formula is C15H21FO2S2. The third-order valence-corrected chi connectivity index (χ3v) is 5.78. The molecule has 0 aliphatic carbocycles. The molecule has 2 rings (SSSR count). The molecule has 2 nitrogen and oxygen atoms in total. The molecule has 5 heteroatoms. The zero-order valence-corrected chi connectivity index (χ0v) is 13.5. The van der Waals surface area contributed by atoms with Crippen molar-refractivity contribution in [3.05, 3.63) is 21.1 Å². The van der Waals surface area contributed by atoms with E-state index in [1.807, 2.05) is 0 Å². The largest absolute Gasteiger partial charge is 0.461 e. The van der Waals surface area contributed by atoms with Gasteiger partial charge in [-0.25, -0.2) is 9.18 Å². The van der Waals surface area contributed by atoms with Gasteiger partial charge in [-0.2, -0.15) is 11.8 Å². The van der Waals surface area contributed by atoms with E-state index in [1.165, 1.54) is 37.0 Å². The van der Waals surface area contributed by atoms with Crippen molar-refractivity contribution in [3.8, 4) is 0 Å². The van der Waals surface area contributed by atoms with Crippen molar-refractivity contribution < 1.29 is 13.9 Å². The normalized spacial score (nSPS) is 13.5. The summed E-state index contributed by atoms with van der Waals surface area (Å²) in [5.41, 5.74) is 0.714. The van der Waals surface area contributed by atoms with Crippen LogP contribution in [0.3, 0.4) is 0 Å². The van der Waals surface area contributed by atoms with Crippen LogP contribution in [0.1, 0.15) is 65.6 Å². The van der Waals surface area contributed by atoms with Gasteiger partial charge in [-0.3, -0.25) is 0 Å². The summed E-state index contributed by atoms with van der Waals surface area (Å²) < 4.78 is 19.2. The molecule has 0 aromatic carbocycles. The number of fused-ring (bicyclic) bond motifs is 1. The molecule has 1 aliphatic rings. The van der Waals surface area contributed by atoms with E-state index in [0.29, 0.717) is 17.9 Å². The molecule has 0 atom stereocenters. The summed E-state index contributed by atoms with van der Waals surface area (Å²) in [4.78, 5) is 13.0. The molecular weight excluding hydrogens is 295 g/mol. The van der Waals surface area contributed by atoms with Crippen LogP contribution in [0.15, 0.2) is 0 Å². The van der Waals surface area contributed by atoms with Crippen LogP contribution in [-0.4, -0.2) is 12.6 Å². The van der Waals surface area contributed by atoms with Gasteiger partial charge in [0.2, 0.25) is 0 Å². The standard InChI is InChI=1S/C15H21FO2S2/c1-2-3-4-5-6-7-8-18-15(17)14-13(16)11-9-19-10-12(11)20-14/h2-10H2,1H3. The van der Waals surface area contributed by atoms with Crippen LogP contribution in [0.2, 0.25) is 0 Å². The summed E-state index contributed by atoms with van der Waals surface area (Å²) in [6.07, 6.45) is 6.88. The Morgan fingerprint density at radius 1 is 1.20 bits per heavy atom. The number of halogens is 1. The highest BCUT2D eigenvalue weighted by molar-refractivity contribution is 7.98. The maximum atomic E-state index is 14.0. The molecule has 0 bridgehead atoms. The highest BCUT2D eigenvalue weighted by Crippen LogP contribution is 2.39. The maximum absolute atomic E-state index is 14.0. The second-order valence-corrected chi connectivity index (χ2v) is 7.13. The van der Waals surface area contributed by atoms with Gasteiger partial charge >= 0.3 is 5.97 Å². The molecule has 0 amide bonds. The van der Waals surface area contributed by atoms with Crippen LogP contribution in [0.25, 0.3) is 0 Å². The second kappa shape index (κ2) is 8.03. The van der Waals surface area contributed by atoms with Crippen molar-refractivity contribution in [2.45, 2.75) is 57.0 Å². The van der Waals surface area contributed by atoms with Gasteiger partial charge in [0.05, 0.1) is 6.61 Å². The predicted molar refractivity (Wildman–Crippen MR) is 82.9 cm³/mol. The molecule has 1 aromatic heterocycles. The predicted octanol–water partition coefficient (Wildman–Crippen LogP) is 5.15. The van der Waals surface area contributed by atoms with E-state index in [2.05, 4.69) is 6.92 Å². The van der Waals surface area contributed by atoms with Crippen molar-refractivity contribution in [2.75, 3.05) is 6.61 Å². The summed E-state index contributed by atoms with van der Waals surface area (Å²) >= 11 is 2.95. The topological polar surface area (TPSA) is 26.3 Å². The zero-order valence-electron chi connectivity index (χ0n) is 11.9. The van der Waals surface area contributed by atoms with Gasteiger partial charge in [0.25, 0.3) is 0 Å². The molecule has 1 aliphatic heterocycles. The number of hydrogen-bond donors (Lipinski definition) is 0. The van der Waals surface area contributed by atoms with E-state index in [-0.39, 0.29) is 10.7 Å². The van der Waals surface area contributed by atoms with Crippen LogP contribution in [-0.2, 0) is 16.2 Å². The Hall–Kier alpha value is -0.550. The monoisotopic (exact) mass is 316 g/mol. The van der Waals surface area contributed by atoms with Crippen LogP contribution in [0.5, 0.6) is 0 Å². The molecule has 0 saturated heterocycles. The van der Waals surface area contributed by atoms with E-state index >= 15 is 0 Å². The molecule has 0 saturated carbocycles. The van der Waals surface area contributed by atoms with Crippen LogP contribution < -0.4 is 0 Å². The van der Waals surface area contributed by atoms with Crippen molar-refractivity contribution in [1.82, 2.24) is 0 Å². The first-order chi connectivity index (χ1) is 9.74. The van der Waals surface area contributed by atoms with Gasteiger partial charge in [0.1, 0.15) is 4.88 Å². The van der Waals surface area contributed by atoms with Crippen molar-refractivity contribution in [1.29, 1.82) is 0 Å². The molecule has 0 unspecified atom stereocenters. The number of rotatable bonds is 8. The zero-order chi connectivity index (χ0) is 14.4. The van der Waals surface area contributed by atoms with Crippen LogP contribution in [0.4, 0.5) is 4.39 Å². The summed E-state index contributed by atoms with van der Waals surface area (Å²) in [5.74, 6) is 0.674. The Morgan fingerprint density at radius 3 is 2.70 bits per heavy atom. The summed E-state index contributed by atoms with van der Waals surface area (Å²) in [6, 6.07) is 0. The fourth-order valence-corrected chi connectivity index (χ4v) is 4.67. The molecule has 20 heavy (non-hydrogen) atoms. The molecule has 0 radical (unpaired) electrons. The lowest BCUT2D eigenvalue weighted by Gasteiger charge is -2.04. The van der Waals surface area contributed by atoms with E-state index in [1.54, 1.807) is 11.8 Å². The number of carbonyl (C=O) groups excluding carboxylic acids is 1. The highest BCUT2D eigenvalue weighted by Gasteiger charge is 2.26. The Kier molecular flexibility index (Phi) is 6.36. The fourth-order valence-electron chi connectivity index (χ4n) is 2.24. The third kappa shape index (κ3) is 3.98. The van der Waals surface area contributed by atoms with Gasteiger partial charge in [0, 0.05) is 21.9 Å². The number of ether oxygens (including phenoxy) is 1. The highest BCUT2D eigenvalue weighted by atomic mass is 32.2. The molecule has 0 N–H and O–H groups in total. The maximum Gasteiger partial charge on any atom is 0.351 e. The molecule has 2 heterocycles. The number of unbranched alkanes of at least 4 members (excludes halogenated alkanes) is 5. The minimum Gasteiger partial charge on any atom is -0.461 e. The molecule has 112 valence electrons. The van der Waals surface area contributed by atoms with E-state index < -0.39 is 5.97 Å². The van der Waals surface area contributed by atoms with Gasteiger partial charge in [-0.15, -0.1) is 11.3 Å². The smallest absolute Gasteiger partial charge is 0.351 e. The number of esters is 1. The summed E-state index contributed by atoms with van der Waals surface area (Å²) in [6.45, 7) is 2.59. The molecule has 1 aromatic rings. The molecule has 0 fully saturated rings. The van der Waals surface area contributed by atoms with Crippen LogP contribution >= 0.6 is 23.1 Å². The van der Waals surface area contributed by atoms with Crippen LogP contribution in [0, 0.1) is 5.82 Å². The first-order valence-electron chi connectivity index (χ1n) is 7.29. The average Bonchev–Trinajstić information content (AvgIpc) is 3.01. The van der Waals surface area contributed by atoms with E-state index in [9.17, 15) is 9.18 Å². The number of carbonyl (C=O) groups is 1. The van der Waals surface area contributed by atoms with Gasteiger partial charge < -0.3 is 4.74 Å². The number of thiophene rings is 1. The minimum absolute atomic E-state index is 0.168. The molecule has 0 spiro atoms. The van der Waals surface area contributed by atoms with E-state index in [4.69, 9.17) is 4.74 Å². The Bertz CT molecular complexity index is 457. The Labute approximate surface area is 128 Å². The first-order valence-corrected chi connectivity index (χ1v) is 9.26. The average molecular weight is 316 g/mol. The van der Waals surface area contributed by atoms with Gasteiger partial charge in [-0.05, 0) is 6.42 Å².